The Morgan fingerprint density at radius 1 is 1.32 bits per heavy atom. The van der Waals surface area contributed by atoms with Gasteiger partial charge in [0.2, 0.25) is 5.78 Å². The van der Waals surface area contributed by atoms with E-state index in [1.807, 2.05) is 16.5 Å². The monoisotopic (exact) mass is 324 g/mol. The number of imidazole rings is 2. The quantitative estimate of drug-likeness (QED) is 0.773. The molecule has 1 aromatic carbocycles. The number of nitrogens with zero attached hydrogens (tertiary/aromatic N) is 2. The van der Waals surface area contributed by atoms with Gasteiger partial charge in [-0.3, -0.25) is 4.40 Å². The van der Waals surface area contributed by atoms with E-state index in [1.165, 1.54) is 0 Å². The molecule has 2 heterocycles. The third-order valence-electron chi connectivity index (χ3n) is 3.07. The van der Waals surface area contributed by atoms with Crippen molar-refractivity contribution in [1.29, 1.82) is 0 Å². The van der Waals surface area contributed by atoms with Crippen molar-refractivity contribution in [1.82, 2.24) is 14.4 Å². The Morgan fingerprint density at radius 3 is 2.63 bits per heavy atom. The van der Waals surface area contributed by atoms with E-state index in [-0.39, 0.29) is 0 Å². The van der Waals surface area contributed by atoms with Crippen LogP contribution < -0.4 is 15.2 Å². The lowest BCUT2D eigenvalue weighted by atomic mass is 10.2. The molecule has 6 nitrogen and oxygen atoms in total. The number of aromatic amines is 1. The normalized spacial score (nSPS) is 11.4. The highest BCUT2D eigenvalue weighted by Gasteiger charge is 2.16. The largest absolute Gasteiger partial charge is 0.493 e. The van der Waals surface area contributed by atoms with Gasteiger partial charge in [-0.2, -0.15) is 0 Å². The highest BCUT2D eigenvalue weighted by molar-refractivity contribution is 9.10. The van der Waals surface area contributed by atoms with Crippen molar-refractivity contribution in [2.24, 2.45) is 5.73 Å². The number of hydrogen-bond acceptors (Lipinski definition) is 4. The third-order valence-corrected chi connectivity index (χ3v) is 3.91. The van der Waals surface area contributed by atoms with Crippen LogP contribution in [0.15, 0.2) is 16.7 Å². The number of benzene rings is 1. The molecule has 2 aromatic heterocycles. The van der Waals surface area contributed by atoms with Gasteiger partial charge in [0, 0.05) is 18.7 Å². The van der Waals surface area contributed by atoms with E-state index in [0.29, 0.717) is 18.0 Å². The first-order valence-electron chi connectivity index (χ1n) is 5.70. The molecule has 0 aliphatic rings. The van der Waals surface area contributed by atoms with Gasteiger partial charge in [0.25, 0.3) is 0 Å². The molecule has 3 aromatic rings. The smallest absolute Gasteiger partial charge is 0.213 e. The number of nitrogens with one attached hydrogen (secondary N) is 1. The Labute approximate surface area is 117 Å². The fourth-order valence-electron chi connectivity index (χ4n) is 2.14. The zero-order chi connectivity index (χ0) is 13.6. The van der Waals surface area contributed by atoms with Crippen LogP contribution in [0.1, 0.15) is 5.69 Å². The highest BCUT2D eigenvalue weighted by atomic mass is 79.9. The lowest BCUT2D eigenvalue weighted by Gasteiger charge is -2.07. The zero-order valence-corrected chi connectivity index (χ0v) is 12.1. The molecular weight excluding hydrogens is 312 g/mol. The highest BCUT2D eigenvalue weighted by Crippen LogP contribution is 2.34. The van der Waals surface area contributed by atoms with Crippen molar-refractivity contribution < 1.29 is 9.47 Å². The number of fused-ring (bicyclic) bond motifs is 3. The Hall–Kier alpha value is -1.73. The average Bonchev–Trinajstić information content (AvgIpc) is 2.93. The molecule has 0 bridgehead atoms. The summed E-state index contributed by atoms with van der Waals surface area (Å²) >= 11 is 3.53. The lowest BCUT2D eigenvalue weighted by molar-refractivity contribution is 0.355. The second-order valence-electron chi connectivity index (χ2n) is 4.07. The first kappa shape index (κ1) is 12.3. The third kappa shape index (κ3) is 1.69. The van der Waals surface area contributed by atoms with E-state index >= 15 is 0 Å². The number of nitrogens with two attached hydrogens (primary N) is 1. The molecule has 0 amide bonds. The molecule has 0 unspecified atom stereocenters. The fourth-order valence-corrected chi connectivity index (χ4v) is 2.76. The van der Waals surface area contributed by atoms with E-state index in [1.54, 1.807) is 14.2 Å². The predicted octanol–water partition coefficient (Wildman–Crippen LogP) is 2.05. The summed E-state index contributed by atoms with van der Waals surface area (Å²) in [6.45, 7) is 0.415. The molecule has 0 fully saturated rings. The predicted molar refractivity (Wildman–Crippen MR) is 75.7 cm³/mol. The van der Waals surface area contributed by atoms with Crippen molar-refractivity contribution in [3.05, 3.63) is 22.4 Å². The lowest BCUT2D eigenvalue weighted by Crippen LogP contribution is -1.97. The maximum Gasteiger partial charge on any atom is 0.213 e. The van der Waals surface area contributed by atoms with Gasteiger partial charge in [0.15, 0.2) is 11.5 Å². The summed E-state index contributed by atoms with van der Waals surface area (Å²) in [5, 5.41) is 0. The first-order valence-corrected chi connectivity index (χ1v) is 6.49. The van der Waals surface area contributed by atoms with Crippen LogP contribution in [0.5, 0.6) is 11.5 Å². The molecule has 100 valence electrons. The minimum atomic E-state index is 0.415. The zero-order valence-electron chi connectivity index (χ0n) is 10.5. The summed E-state index contributed by atoms with van der Waals surface area (Å²) in [5.41, 5.74) is 8.33. The summed E-state index contributed by atoms with van der Waals surface area (Å²) < 4.78 is 13.4. The summed E-state index contributed by atoms with van der Waals surface area (Å²) in [5.74, 6) is 2.06. The summed E-state index contributed by atoms with van der Waals surface area (Å²) in [7, 11) is 3.22. The van der Waals surface area contributed by atoms with E-state index in [0.717, 1.165) is 27.1 Å². The summed E-state index contributed by atoms with van der Waals surface area (Å²) in [4.78, 5) is 7.69. The van der Waals surface area contributed by atoms with Crippen LogP contribution in [0.2, 0.25) is 0 Å². The first-order chi connectivity index (χ1) is 9.19. The van der Waals surface area contributed by atoms with Crippen LogP contribution in [0.25, 0.3) is 16.8 Å². The number of rotatable bonds is 3. The molecule has 0 aliphatic carbocycles. The van der Waals surface area contributed by atoms with E-state index in [9.17, 15) is 0 Å². The second kappa shape index (κ2) is 4.43. The molecule has 0 saturated carbocycles. The number of hydrogen-bond donors (Lipinski definition) is 2. The number of halogens is 1. The van der Waals surface area contributed by atoms with Gasteiger partial charge in [-0.25, -0.2) is 4.98 Å². The van der Waals surface area contributed by atoms with Crippen LogP contribution in [0, 0.1) is 0 Å². The average molecular weight is 325 g/mol. The van der Waals surface area contributed by atoms with Crippen molar-refractivity contribution in [3.8, 4) is 11.5 Å². The van der Waals surface area contributed by atoms with Gasteiger partial charge < -0.3 is 20.2 Å². The van der Waals surface area contributed by atoms with Gasteiger partial charge in [0.1, 0.15) is 4.60 Å². The minimum absolute atomic E-state index is 0.415. The van der Waals surface area contributed by atoms with Gasteiger partial charge in [0.05, 0.1) is 30.9 Å². The van der Waals surface area contributed by atoms with Crippen LogP contribution in [-0.4, -0.2) is 28.6 Å². The molecule has 0 atom stereocenters. The fraction of sp³-hybridized carbons (Fsp3) is 0.250. The van der Waals surface area contributed by atoms with Crippen LogP contribution in [0.3, 0.4) is 0 Å². The standard InChI is InChI=1S/C12H13BrN4O2/c1-18-9-3-6-8(4-10(9)19-2)17-11(13)7(5-14)16-12(17)15-6/h3-4H,5,14H2,1-2H3,(H,15,16). The molecule has 7 heteroatoms. The number of aromatic nitrogens is 3. The number of ether oxygens (including phenoxy) is 2. The van der Waals surface area contributed by atoms with Crippen LogP contribution >= 0.6 is 15.9 Å². The molecule has 0 saturated heterocycles. The summed E-state index contributed by atoms with van der Waals surface area (Å²) in [6, 6.07) is 3.75. The van der Waals surface area contributed by atoms with Gasteiger partial charge >= 0.3 is 0 Å². The van der Waals surface area contributed by atoms with Crippen LogP contribution in [-0.2, 0) is 6.54 Å². The topological polar surface area (TPSA) is 77.6 Å². The molecule has 0 aliphatic heterocycles. The Balaban J connectivity index is 2.38. The number of methoxy groups -OCH3 is 2. The molecule has 0 spiro atoms. The van der Waals surface area contributed by atoms with Crippen molar-refractivity contribution in [3.63, 3.8) is 0 Å². The molecule has 3 N–H and O–H groups in total. The van der Waals surface area contributed by atoms with Gasteiger partial charge in [-0.1, -0.05) is 0 Å². The van der Waals surface area contributed by atoms with Gasteiger partial charge in [-0.15, -0.1) is 0 Å². The molecule has 0 radical (unpaired) electrons. The van der Waals surface area contributed by atoms with E-state index in [2.05, 4.69) is 25.9 Å². The SMILES string of the molecule is COc1cc2nc3[nH]c(CN)c(Br)n3c2cc1OC. The molecule has 3 rings (SSSR count). The second-order valence-corrected chi connectivity index (χ2v) is 4.82. The Morgan fingerprint density at radius 2 is 2.00 bits per heavy atom. The number of H-pyrrole nitrogens is 1. The van der Waals surface area contributed by atoms with Crippen molar-refractivity contribution in [2.45, 2.75) is 6.54 Å². The minimum Gasteiger partial charge on any atom is -0.493 e. The molecular formula is C12H13BrN4O2. The van der Waals surface area contributed by atoms with Crippen LogP contribution in [0.4, 0.5) is 0 Å². The van der Waals surface area contributed by atoms with E-state index in [4.69, 9.17) is 15.2 Å². The summed E-state index contributed by atoms with van der Waals surface area (Å²) in [6.07, 6.45) is 0. The van der Waals surface area contributed by atoms with Crippen molar-refractivity contribution in [2.75, 3.05) is 14.2 Å². The van der Waals surface area contributed by atoms with Crippen molar-refractivity contribution >= 4 is 32.7 Å². The maximum absolute atomic E-state index is 5.67. The Bertz CT molecular complexity index is 762. The van der Waals surface area contributed by atoms with Gasteiger partial charge in [-0.05, 0) is 15.9 Å². The van der Waals surface area contributed by atoms with E-state index < -0.39 is 0 Å². The Kier molecular flexibility index (Phi) is 2.87. The maximum atomic E-state index is 5.67. The molecule has 19 heavy (non-hydrogen) atoms.